The van der Waals surface area contributed by atoms with Crippen LogP contribution < -0.4 is 25.1 Å². The van der Waals surface area contributed by atoms with Gasteiger partial charge in [0.25, 0.3) is 5.56 Å². The van der Waals surface area contributed by atoms with Gasteiger partial charge in [0.05, 0.1) is 19.2 Å². The number of methoxy groups -OCH3 is 1. The quantitative estimate of drug-likeness (QED) is 0.375. The van der Waals surface area contributed by atoms with Gasteiger partial charge in [0, 0.05) is 35.7 Å². The number of anilines is 1. The minimum atomic E-state index is -0.209. The van der Waals surface area contributed by atoms with Crippen molar-refractivity contribution in [3.63, 3.8) is 0 Å². The molecule has 1 aliphatic rings. The highest BCUT2D eigenvalue weighted by Crippen LogP contribution is 2.34. The van der Waals surface area contributed by atoms with E-state index in [0.717, 1.165) is 33.5 Å². The van der Waals surface area contributed by atoms with E-state index in [-0.39, 0.29) is 24.3 Å². The number of fused-ring (bicyclic) bond motifs is 2. The number of nitrogens with zero attached hydrogens (tertiary/aromatic N) is 1. The van der Waals surface area contributed by atoms with E-state index in [0.29, 0.717) is 42.3 Å². The number of benzene rings is 3. The smallest absolute Gasteiger partial charge is 0.256 e. The number of aryl methyl sites for hydroxylation is 2. The molecule has 37 heavy (non-hydrogen) atoms. The van der Waals surface area contributed by atoms with E-state index in [2.05, 4.69) is 11.4 Å². The maximum atomic E-state index is 13.6. The topological polar surface area (TPSA) is 78.8 Å². The van der Waals surface area contributed by atoms with Crippen LogP contribution in [0, 0.1) is 13.8 Å². The summed E-state index contributed by atoms with van der Waals surface area (Å²) in [6, 6.07) is 19.2. The van der Waals surface area contributed by atoms with Crippen LogP contribution >= 0.6 is 0 Å². The highest BCUT2D eigenvalue weighted by molar-refractivity contribution is 5.87. The molecule has 0 radical (unpaired) electrons. The Kier molecular flexibility index (Phi) is 6.86. The van der Waals surface area contributed by atoms with Crippen molar-refractivity contribution >= 4 is 22.4 Å². The molecule has 1 aliphatic heterocycles. The highest BCUT2D eigenvalue weighted by Gasteiger charge is 2.18. The number of carbonyl (C=O) groups is 1. The largest absolute Gasteiger partial charge is 0.497 e. The molecule has 4 aromatic rings. The molecule has 0 saturated heterocycles. The molecule has 7 heteroatoms. The zero-order chi connectivity index (χ0) is 25.9. The van der Waals surface area contributed by atoms with Crippen LogP contribution in [0.2, 0.25) is 0 Å². The van der Waals surface area contributed by atoms with Crippen molar-refractivity contribution in [2.75, 3.05) is 25.6 Å². The van der Waals surface area contributed by atoms with Gasteiger partial charge >= 0.3 is 0 Å². The Balaban J connectivity index is 1.49. The maximum absolute atomic E-state index is 13.6. The third-order valence-electron chi connectivity index (χ3n) is 6.42. The van der Waals surface area contributed by atoms with Gasteiger partial charge in [0.15, 0.2) is 17.3 Å². The fourth-order valence-electron chi connectivity index (χ4n) is 4.80. The number of hydrogen-bond donors (Lipinski definition) is 1. The standard InChI is InChI=1S/C30H30N2O5/c1-19-10-20(2)12-21(11-19)13-25(33)18-32-27-16-29-28(36-8-9-37-29)15-22(27)14-23(30(32)34)17-31-24-4-6-26(35-3)7-5-24/h4-7,10-12,14-16,31H,8-9,13,17-18H2,1-3H3. The molecule has 190 valence electrons. The Morgan fingerprint density at radius 3 is 2.30 bits per heavy atom. The molecule has 0 atom stereocenters. The van der Waals surface area contributed by atoms with Gasteiger partial charge in [-0.25, -0.2) is 0 Å². The molecule has 0 bridgehead atoms. The predicted molar refractivity (Wildman–Crippen MR) is 144 cm³/mol. The molecular weight excluding hydrogens is 468 g/mol. The van der Waals surface area contributed by atoms with Crippen molar-refractivity contribution in [1.29, 1.82) is 0 Å². The van der Waals surface area contributed by atoms with Crippen LogP contribution in [0.5, 0.6) is 17.2 Å². The molecule has 0 unspecified atom stereocenters. The van der Waals surface area contributed by atoms with Crippen LogP contribution in [0.1, 0.15) is 22.3 Å². The molecule has 0 saturated carbocycles. The number of rotatable bonds is 8. The minimum absolute atomic E-state index is 0.0294. The lowest BCUT2D eigenvalue weighted by molar-refractivity contribution is -0.119. The molecule has 1 N–H and O–H groups in total. The van der Waals surface area contributed by atoms with Crippen LogP contribution in [-0.4, -0.2) is 30.7 Å². The molecule has 7 nitrogen and oxygen atoms in total. The van der Waals surface area contributed by atoms with E-state index in [1.54, 1.807) is 17.7 Å². The fraction of sp³-hybridized carbons (Fsp3) is 0.267. The van der Waals surface area contributed by atoms with Crippen LogP contribution in [0.25, 0.3) is 10.9 Å². The Labute approximate surface area is 215 Å². The van der Waals surface area contributed by atoms with Gasteiger partial charge in [-0.05, 0) is 55.8 Å². The fourth-order valence-corrected chi connectivity index (χ4v) is 4.80. The van der Waals surface area contributed by atoms with Gasteiger partial charge < -0.3 is 24.1 Å². The third kappa shape index (κ3) is 5.45. The van der Waals surface area contributed by atoms with Crippen molar-refractivity contribution in [3.8, 4) is 17.2 Å². The third-order valence-corrected chi connectivity index (χ3v) is 6.42. The molecular formula is C30H30N2O5. The summed E-state index contributed by atoms with van der Waals surface area (Å²) < 4.78 is 18.3. The summed E-state index contributed by atoms with van der Waals surface area (Å²) in [7, 11) is 1.62. The van der Waals surface area contributed by atoms with E-state index < -0.39 is 0 Å². The summed E-state index contributed by atoms with van der Waals surface area (Å²) in [4.78, 5) is 26.8. The lowest BCUT2D eigenvalue weighted by Crippen LogP contribution is -2.29. The Bertz CT molecular complexity index is 1500. The second-order valence-electron chi connectivity index (χ2n) is 9.41. The molecule has 0 fully saturated rings. The second kappa shape index (κ2) is 10.4. The lowest BCUT2D eigenvalue weighted by atomic mass is 10.0. The van der Waals surface area contributed by atoms with Crippen LogP contribution in [0.4, 0.5) is 5.69 Å². The first-order valence-electron chi connectivity index (χ1n) is 12.3. The summed E-state index contributed by atoms with van der Waals surface area (Å²) >= 11 is 0. The van der Waals surface area contributed by atoms with Crippen LogP contribution in [-0.2, 0) is 24.3 Å². The van der Waals surface area contributed by atoms with Crippen molar-refractivity contribution in [3.05, 3.63) is 93.3 Å². The average molecular weight is 499 g/mol. The molecule has 2 heterocycles. The number of hydrogen-bond acceptors (Lipinski definition) is 6. The Morgan fingerprint density at radius 1 is 0.946 bits per heavy atom. The lowest BCUT2D eigenvalue weighted by Gasteiger charge is -2.21. The number of Topliss-reactive ketones (excluding diaryl/α,β-unsaturated/α-hetero) is 1. The normalized spacial score (nSPS) is 12.4. The van der Waals surface area contributed by atoms with Gasteiger partial charge in [0.2, 0.25) is 0 Å². The molecule has 0 spiro atoms. The van der Waals surface area contributed by atoms with E-state index >= 15 is 0 Å². The molecule has 0 aliphatic carbocycles. The monoisotopic (exact) mass is 498 g/mol. The van der Waals surface area contributed by atoms with E-state index in [4.69, 9.17) is 14.2 Å². The number of ketones is 1. The van der Waals surface area contributed by atoms with Crippen molar-refractivity contribution in [1.82, 2.24) is 4.57 Å². The summed E-state index contributed by atoms with van der Waals surface area (Å²) in [5, 5.41) is 4.12. The highest BCUT2D eigenvalue weighted by atomic mass is 16.6. The summed E-state index contributed by atoms with van der Waals surface area (Å²) in [6.45, 7) is 5.22. The maximum Gasteiger partial charge on any atom is 0.256 e. The zero-order valence-electron chi connectivity index (χ0n) is 21.3. The first-order chi connectivity index (χ1) is 17.9. The zero-order valence-corrected chi connectivity index (χ0v) is 21.3. The molecule has 1 aromatic heterocycles. The minimum Gasteiger partial charge on any atom is -0.497 e. The van der Waals surface area contributed by atoms with Crippen LogP contribution in [0.15, 0.2) is 65.5 Å². The van der Waals surface area contributed by atoms with Gasteiger partial charge in [0.1, 0.15) is 19.0 Å². The van der Waals surface area contributed by atoms with Gasteiger partial charge in [-0.3, -0.25) is 9.59 Å². The van der Waals surface area contributed by atoms with Crippen LogP contribution in [0.3, 0.4) is 0 Å². The number of pyridine rings is 1. The molecule has 3 aromatic carbocycles. The van der Waals surface area contributed by atoms with Gasteiger partial charge in [-0.15, -0.1) is 0 Å². The van der Waals surface area contributed by atoms with E-state index in [1.165, 1.54) is 0 Å². The summed E-state index contributed by atoms with van der Waals surface area (Å²) in [6.07, 6.45) is 0.259. The summed E-state index contributed by atoms with van der Waals surface area (Å²) in [5.74, 6) is 1.94. The first-order valence-corrected chi connectivity index (χ1v) is 12.3. The Hall–Kier alpha value is -4.26. The SMILES string of the molecule is COc1ccc(NCc2cc3cc4c(cc3n(CC(=O)Cc3cc(C)cc(C)c3)c2=O)OCCO4)cc1. The van der Waals surface area contributed by atoms with E-state index in [1.807, 2.05) is 62.4 Å². The van der Waals surface area contributed by atoms with Crippen molar-refractivity contribution in [2.24, 2.45) is 0 Å². The second-order valence-corrected chi connectivity index (χ2v) is 9.41. The average Bonchev–Trinajstić information content (AvgIpc) is 2.88. The van der Waals surface area contributed by atoms with E-state index in [9.17, 15) is 9.59 Å². The number of nitrogens with one attached hydrogen (secondary N) is 1. The Morgan fingerprint density at radius 2 is 1.62 bits per heavy atom. The number of aromatic nitrogens is 1. The van der Waals surface area contributed by atoms with Gasteiger partial charge in [-0.2, -0.15) is 0 Å². The molecule has 5 rings (SSSR count). The molecule has 0 amide bonds. The predicted octanol–water partition coefficient (Wildman–Crippen LogP) is 4.82. The van der Waals surface area contributed by atoms with Gasteiger partial charge in [-0.1, -0.05) is 29.3 Å². The van der Waals surface area contributed by atoms with Crippen molar-refractivity contribution < 1.29 is 19.0 Å². The number of carbonyl (C=O) groups excluding carboxylic acids is 1. The summed E-state index contributed by atoms with van der Waals surface area (Å²) in [5.41, 5.74) is 5.03. The first kappa shape index (κ1) is 24.4. The number of ether oxygens (including phenoxy) is 3. The van der Waals surface area contributed by atoms with Crippen molar-refractivity contribution in [2.45, 2.75) is 33.4 Å².